The van der Waals surface area contributed by atoms with E-state index in [9.17, 15) is 8.42 Å². The lowest BCUT2D eigenvalue weighted by atomic mass is 10.4. The van der Waals surface area contributed by atoms with E-state index in [1.54, 1.807) is 12.1 Å². The first-order chi connectivity index (χ1) is 6.56. The van der Waals surface area contributed by atoms with Crippen LogP contribution in [0, 0.1) is 0 Å². The van der Waals surface area contributed by atoms with Gasteiger partial charge in [-0.05, 0) is 18.2 Å². The Morgan fingerprint density at radius 3 is 2.79 bits per heavy atom. The summed E-state index contributed by atoms with van der Waals surface area (Å²) in [6, 6.07) is 6.09. The lowest BCUT2D eigenvalue weighted by Gasteiger charge is -2.04. The Hall–Kier alpha value is -0.840. The van der Waals surface area contributed by atoms with Crippen LogP contribution >= 0.6 is 11.6 Å². The monoisotopic (exact) mass is 231 g/mol. The van der Waals surface area contributed by atoms with E-state index in [1.807, 2.05) is 0 Å². The Morgan fingerprint density at radius 2 is 2.21 bits per heavy atom. The zero-order valence-corrected chi connectivity index (χ0v) is 8.98. The van der Waals surface area contributed by atoms with Gasteiger partial charge in [-0.3, -0.25) is 0 Å². The number of benzene rings is 1. The van der Waals surface area contributed by atoms with Crippen LogP contribution in [0.1, 0.15) is 0 Å². The van der Waals surface area contributed by atoms with Crippen LogP contribution < -0.4 is 4.72 Å². The zero-order valence-electron chi connectivity index (χ0n) is 7.40. The van der Waals surface area contributed by atoms with Gasteiger partial charge >= 0.3 is 0 Å². The van der Waals surface area contributed by atoms with E-state index in [4.69, 9.17) is 11.6 Å². The second-order valence-electron chi connectivity index (χ2n) is 2.60. The summed E-state index contributed by atoms with van der Waals surface area (Å²) in [6.45, 7) is 3.63. The van der Waals surface area contributed by atoms with Gasteiger partial charge in [-0.1, -0.05) is 23.7 Å². The second kappa shape index (κ2) is 4.59. The molecule has 0 atom stereocenters. The van der Waals surface area contributed by atoms with Crippen molar-refractivity contribution in [1.29, 1.82) is 0 Å². The molecule has 0 saturated heterocycles. The quantitative estimate of drug-likeness (QED) is 0.804. The lowest BCUT2D eigenvalue weighted by molar-refractivity contribution is 0.585. The average molecular weight is 232 g/mol. The zero-order chi connectivity index (χ0) is 10.6. The summed E-state index contributed by atoms with van der Waals surface area (Å²) < 4.78 is 25.4. The molecular formula is C9H10ClNO2S. The molecule has 0 heterocycles. The molecule has 0 unspecified atom stereocenters. The fraction of sp³-hybridized carbons (Fsp3) is 0.111. The Morgan fingerprint density at radius 1 is 1.50 bits per heavy atom. The maximum absolute atomic E-state index is 11.5. The van der Waals surface area contributed by atoms with E-state index in [-0.39, 0.29) is 11.4 Å². The van der Waals surface area contributed by atoms with Gasteiger partial charge < -0.3 is 0 Å². The molecule has 3 nitrogen and oxygen atoms in total. The van der Waals surface area contributed by atoms with Gasteiger partial charge in [0, 0.05) is 11.6 Å². The largest absolute Gasteiger partial charge is 0.240 e. The van der Waals surface area contributed by atoms with Crippen molar-refractivity contribution >= 4 is 21.6 Å². The fourth-order valence-corrected chi connectivity index (χ4v) is 2.18. The van der Waals surface area contributed by atoms with Crippen molar-refractivity contribution in [2.24, 2.45) is 0 Å². The number of hydrogen-bond donors (Lipinski definition) is 1. The molecule has 76 valence electrons. The van der Waals surface area contributed by atoms with Crippen LogP contribution in [0.5, 0.6) is 0 Å². The lowest BCUT2D eigenvalue weighted by Crippen LogP contribution is -2.23. The van der Waals surface area contributed by atoms with Crippen molar-refractivity contribution in [2.75, 3.05) is 6.54 Å². The van der Waals surface area contributed by atoms with Crippen molar-refractivity contribution in [3.05, 3.63) is 41.9 Å². The van der Waals surface area contributed by atoms with Crippen LogP contribution in [-0.2, 0) is 10.0 Å². The van der Waals surface area contributed by atoms with Gasteiger partial charge in [0.2, 0.25) is 10.0 Å². The molecule has 0 aliphatic carbocycles. The third kappa shape index (κ3) is 2.83. The molecule has 0 aromatic heterocycles. The third-order valence-corrected chi connectivity index (χ3v) is 3.18. The topological polar surface area (TPSA) is 46.2 Å². The highest BCUT2D eigenvalue weighted by molar-refractivity contribution is 7.89. The van der Waals surface area contributed by atoms with Gasteiger partial charge in [0.1, 0.15) is 0 Å². The Kier molecular flexibility index (Phi) is 3.69. The molecular weight excluding hydrogens is 222 g/mol. The number of sulfonamides is 1. The van der Waals surface area contributed by atoms with Crippen LogP contribution in [0.25, 0.3) is 0 Å². The molecule has 1 rings (SSSR count). The highest BCUT2D eigenvalue weighted by atomic mass is 35.5. The molecule has 14 heavy (non-hydrogen) atoms. The number of hydrogen-bond acceptors (Lipinski definition) is 2. The van der Waals surface area contributed by atoms with Crippen LogP contribution in [-0.4, -0.2) is 15.0 Å². The molecule has 0 fully saturated rings. The Bertz CT molecular complexity index is 428. The minimum Gasteiger partial charge on any atom is -0.207 e. The highest BCUT2D eigenvalue weighted by Gasteiger charge is 2.12. The molecule has 0 amide bonds. The SMILES string of the molecule is C=CCNS(=O)(=O)c1cccc(Cl)c1. The van der Waals surface area contributed by atoms with Gasteiger partial charge in [-0.25, -0.2) is 13.1 Å². The minimum absolute atomic E-state index is 0.159. The smallest absolute Gasteiger partial charge is 0.207 e. The summed E-state index contributed by atoms with van der Waals surface area (Å²) in [5, 5.41) is 0.395. The van der Waals surface area contributed by atoms with E-state index in [2.05, 4.69) is 11.3 Å². The first-order valence-corrected chi connectivity index (χ1v) is 5.78. The molecule has 0 aliphatic heterocycles. The van der Waals surface area contributed by atoms with Crippen LogP contribution in [0.4, 0.5) is 0 Å². The van der Waals surface area contributed by atoms with Crippen LogP contribution in [0.2, 0.25) is 5.02 Å². The first kappa shape index (κ1) is 11.2. The van der Waals surface area contributed by atoms with E-state index in [1.165, 1.54) is 18.2 Å². The highest BCUT2D eigenvalue weighted by Crippen LogP contribution is 2.14. The van der Waals surface area contributed by atoms with Crippen molar-refractivity contribution in [3.8, 4) is 0 Å². The Labute approximate surface area is 88.5 Å². The number of halogens is 1. The van der Waals surface area contributed by atoms with Gasteiger partial charge in [0.25, 0.3) is 0 Å². The number of rotatable bonds is 4. The summed E-state index contributed by atoms with van der Waals surface area (Å²) in [5.74, 6) is 0. The molecule has 1 N–H and O–H groups in total. The summed E-state index contributed by atoms with van der Waals surface area (Å²) >= 11 is 5.67. The summed E-state index contributed by atoms with van der Waals surface area (Å²) in [7, 11) is -3.45. The second-order valence-corrected chi connectivity index (χ2v) is 4.80. The number of nitrogens with one attached hydrogen (secondary N) is 1. The maximum Gasteiger partial charge on any atom is 0.240 e. The van der Waals surface area contributed by atoms with Crippen LogP contribution in [0.3, 0.4) is 0 Å². The predicted octanol–water partition coefficient (Wildman–Crippen LogP) is 1.80. The van der Waals surface area contributed by atoms with E-state index in [0.717, 1.165) is 0 Å². The predicted molar refractivity (Wildman–Crippen MR) is 56.8 cm³/mol. The standard InChI is InChI=1S/C9H10ClNO2S/c1-2-6-11-14(12,13)9-5-3-4-8(10)7-9/h2-5,7,11H,1,6H2. The summed E-state index contributed by atoms with van der Waals surface area (Å²) in [4.78, 5) is 0.159. The first-order valence-electron chi connectivity index (χ1n) is 3.92. The molecule has 5 heteroatoms. The van der Waals surface area contributed by atoms with Gasteiger partial charge in [0.05, 0.1) is 4.90 Å². The molecule has 1 aromatic carbocycles. The molecule has 0 bridgehead atoms. The van der Waals surface area contributed by atoms with Crippen molar-refractivity contribution < 1.29 is 8.42 Å². The third-order valence-electron chi connectivity index (χ3n) is 1.52. The van der Waals surface area contributed by atoms with Crippen molar-refractivity contribution in [3.63, 3.8) is 0 Å². The molecule has 0 saturated carbocycles. The van der Waals surface area contributed by atoms with Gasteiger partial charge in [-0.15, -0.1) is 6.58 Å². The molecule has 0 radical (unpaired) electrons. The van der Waals surface area contributed by atoms with Crippen molar-refractivity contribution in [1.82, 2.24) is 4.72 Å². The molecule has 1 aromatic rings. The summed E-state index contributed by atoms with van der Waals surface area (Å²) in [6.07, 6.45) is 1.47. The van der Waals surface area contributed by atoms with Crippen molar-refractivity contribution in [2.45, 2.75) is 4.90 Å². The molecule has 0 spiro atoms. The maximum atomic E-state index is 11.5. The van der Waals surface area contributed by atoms with E-state index in [0.29, 0.717) is 5.02 Å². The van der Waals surface area contributed by atoms with E-state index >= 15 is 0 Å². The van der Waals surface area contributed by atoms with Gasteiger partial charge in [-0.2, -0.15) is 0 Å². The average Bonchev–Trinajstić information content (AvgIpc) is 2.15. The minimum atomic E-state index is -3.45. The van der Waals surface area contributed by atoms with E-state index < -0.39 is 10.0 Å². The Balaban J connectivity index is 2.98. The van der Waals surface area contributed by atoms with Crippen LogP contribution in [0.15, 0.2) is 41.8 Å². The van der Waals surface area contributed by atoms with Gasteiger partial charge in [0.15, 0.2) is 0 Å². The molecule has 0 aliphatic rings. The fourth-order valence-electron chi connectivity index (χ4n) is 0.886. The summed E-state index contributed by atoms with van der Waals surface area (Å²) in [5.41, 5.74) is 0. The normalized spacial score (nSPS) is 11.2.